The first-order valence-corrected chi connectivity index (χ1v) is 9.63. The Balaban J connectivity index is 2.28. The lowest BCUT2D eigenvalue weighted by Crippen LogP contribution is -2.41. The standard InChI is InChI=1S/C21H24ClFN2O5/c1-21(2,3)30-20(26)24(13-15-6-5-7-16(23)10-15)19(22)12-14-8-9-17(25(27)28)18(11-14)29-4/h5-11,19H,12-13H2,1-4H3. The first-order valence-electron chi connectivity index (χ1n) is 9.19. The van der Waals surface area contributed by atoms with Gasteiger partial charge >= 0.3 is 11.8 Å². The number of alkyl halides is 1. The number of nitrogens with zero attached hydrogens (tertiary/aromatic N) is 2. The number of hydrogen-bond donors (Lipinski definition) is 0. The van der Waals surface area contributed by atoms with E-state index in [-0.39, 0.29) is 24.4 Å². The van der Waals surface area contributed by atoms with Crippen molar-refractivity contribution in [1.82, 2.24) is 4.90 Å². The average molecular weight is 439 g/mol. The van der Waals surface area contributed by atoms with E-state index in [1.165, 1.54) is 36.3 Å². The Morgan fingerprint density at radius 1 is 1.23 bits per heavy atom. The largest absolute Gasteiger partial charge is 0.490 e. The second-order valence-electron chi connectivity index (χ2n) is 7.64. The number of halogens is 2. The third kappa shape index (κ3) is 6.59. The number of methoxy groups -OCH3 is 1. The van der Waals surface area contributed by atoms with Gasteiger partial charge in [0.1, 0.15) is 16.9 Å². The van der Waals surface area contributed by atoms with Crippen LogP contribution in [0.25, 0.3) is 0 Å². The highest BCUT2D eigenvalue weighted by Gasteiger charge is 2.28. The first kappa shape index (κ1) is 23.4. The monoisotopic (exact) mass is 438 g/mol. The van der Waals surface area contributed by atoms with Crippen molar-refractivity contribution >= 4 is 23.4 Å². The van der Waals surface area contributed by atoms with Crippen molar-refractivity contribution in [3.63, 3.8) is 0 Å². The number of rotatable bonds is 7. The van der Waals surface area contributed by atoms with Gasteiger partial charge in [0.2, 0.25) is 0 Å². The highest BCUT2D eigenvalue weighted by Crippen LogP contribution is 2.29. The van der Waals surface area contributed by atoms with Crippen molar-refractivity contribution in [2.75, 3.05) is 7.11 Å². The van der Waals surface area contributed by atoms with E-state index in [9.17, 15) is 19.3 Å². The van der Waals surface area contributed by atoms with Crippen LogP contribution in [-0.4, -0.2) is 34.1 Å². The molecule has 7 nitrogen and oxygen atoms in total. The molecule has 1 unspecified atom stereocenters. The lowest BCUT2D eigenvalue weighted by Gasteiger charge is -2.30. The van der Waals surface area contributed by atoms with Crippen LogP contribution in [0.2, 0.25) is 0 Å². The molecule has 0 saturated carbocycles. The molecule has 2 aromatic carbocycles. The third-order valence-electron chi connectivity index (χ3n) is 4.05. The molecule has 0 aromatic heterocycles. The van der Waals surface area contributed by atoms with Crippen LogP contribution in [0.5, 0.6) is 5.75 Å². The van der Waals surface area contributed by atoms with Gasteiger partial charge in [-0.3, -0.25) is 15.0 Å². The molecule has 0 heterocycles. The molecule has 30 heavy (non-hydrogen) atoms. The zero-order valence-corrected chi connectivity index (χ0v) is 18.0. The molecule has 1 amide bonds. The summed E-state index contributed by atoms with van der Waals surface area (Å²) < 4.78 is 24.1. The summed E-state index contributed by atoms with van der Waals surface area (Å²) in [5, 5.41) is 11.1. The van der Waals surface area contributed by atoms with Gasteiger partial charge in [0.05, 0.1) is 18.6 Å². The van der Waals surface area contributed by atoms with E-state index in [1.54, 1.807) is 39.0 Å². The molecule has 0 radical (unpaired) electrons. The molecule has 0 N–H and O–H groups in total. The van der Waals surface area contributed by atoms with Crippen molar-refractivity contribution in [2.24, 2.45) is 0 Å². The second-order valence-corrected chi connectivity index (χ2v) is 8.14. The second kappa shape index (κ2) is 9.75. The summed E-state index contributed by atoms with van der Waals surface area (Å²) in [5.41, 5.74) is -0.590. The Morgan fingerprint density at radius 2 is 1.93 bits per heavy atom. The van der Waals surface area contributed by atoms with Crippen LogP contribution >= 0.6 is 11.6 Å². The Labute approximate surface area is 179 Å². The lowest BCUT2D eigenvalue weighted by atomic mass is 10.1. The topological polar surface area (TPSA) is 81.9 Å². The fourth-order valence-electron chi connectivity index (χ4n) is 2.74. The molecule has 0 bridgehead atoms. The fourth-order valence-corrected chi connectivity index (χ4v) is 3.06. The molecule has 162 valence electrons. The van der Waals surface area contributed by atoms with E-state index >= 15 is 0 Å². The van der Waals surface area contributed by atoms with E-state index in [2.05, 4.69) is 0 Å². The number of carbonyl (C=O) groups is 1. The molecule has 0 spiro atoms. The van der Waals surface area contributed by atoms with Gasteiger partial charge in [-0.05, 0) is 50.1 Å². The molecule has 0 aliphatic heterocycles. The van der Waals surface area contributed by atoms with Crippen LogP contribution in [0.15, 0.2) is 42.5 Å². The first-order chi connectivity index (χ1) is 14.0. The zero-order chi connectivity index (χ0) is 22.5. The minimum Gasteiger partial charge on any atom is -0.490 e. The quantitative estimate of drug-likeness (QED) is 0.254. The molecule has 0 aliphatic carbocycles. The molecule has 0 saturated heterocycles. The normalized spacial score (nSPS) is 12.2. The molecule has 9 heteroatoms. The Hall–Kier alpha value is -2.87. The number of hydrogen-bond acceptors (Lipinski definition) is 5. The average Bonchev–Trinajstić information content (AvgIpc) is 2.64. The van der Waals surface area contributed by atoms with E-state index in [1.807, 2.05) is 0 Å². The molecule has 2 rings (SSSR count). The van der Waals surface area contributed by atoms with Crippen molar-refractivity contribution in [3.8, 4) is 5.75 Å². The molecular weight excluding hydrogens is 415 g/mol. The van der Waals surface area contributed by atoms with E-state index in [0.29, 0.717) is 11.1 Å². The lowest BCUT2D eigenvalue weighted by molar-refractivity contribution is -0.385. The summed E-state index contributed by atoms with van der Waals surface area (Å²) >= 11 is 6.55. The van der Waals surface area contributed by atoms with Crippen LogP contribution in [0, 0.1) is 15.9 Å². The van der Waals surface area contributed by atoms with Gasteiger partial charge in [-0.15, -0.1) is 0 Å². The SMILES string of the molecule is COc1cc(CC(Cl)N(Cc2cccc(F)c2)C(=O)OC(C)(C)C)ccc1[N+](=O)[O-]. The summed E-state index contributed by atoms with van der Waals surface area (Å²) in [6, 6.07) is 10.2. The number of carbonyl (C=O) groups excluding carboxylic acids is 1. The number of nitro benzene ring substituents is 1. The smallest absolute Gasteiger partial charge is 0.411 e. The van der Waals surface area contributed by atoms with E-state index < -0.39 is 27.9 Å². The minimum absolute atomic E-state index is 0.0327. The zero-order valence-electron chi connectivity index (χ0n) is 17.2. The van der Waals surface area contributed by atoms with Crippen molar-refractivity contribution < 1.29 is 23.6 Å². The third-order valence-corrected chi connectivity index (χ3v) is 4.44. The number of benzene rings is 2. The van der Waals surface area contributed by atoms with Gasteiger partial charge in [-0.25, -0.2) is 9.18 Å². The van der Waals surface area contributed by atoms with Crippen molar-refractivity contribution in [3.05, 3.63) is 69.5 Å². The number of nitro groups is 1. The van der Waals surface area contributed by atoms with Gasteiger partial charge in [-0.2, -0.15) is 0 Å². The predicted octanol–water partition coefficient (Wildman–Crippen LogP) is 5.29. The van der Waals surface area contributed by atoms with Crippen LogP contribution < -0.4 is 4.74 Å². The molecule has 0 aliphatic rings. The van der Waals surface area contributed by atoms with Crippen LogP contribution in [0.3, 0.4) is 0 Å². The summed E-state index contributed by atoms with van der Waals surface area (Å²) in [6.07, 6.45) is -0.481. The Kier molecular flexibility index (Phi) is 7.61. The highest BCUT2D eigenvalue weighted by molar-refractivity contribution is 6.21. The minimum atomic E-state index is -0.853. The number of ether oxygens (including phenoxy) is 2. The molecular formula is C21H24ClFN2O5. The van der Waals surface area contributed by atoms with Gasteiger partial charge in [0.25, 0.3) is 0 Å². The Morgan fingerprint density at radius 3 is 2.50 bits per heavy atom. The van der Waals surface area contributed by atoms with Gasteiger partial charge in [0.15, 0.2) is 5.75 Å². The van der Waals surface area contributed by atoms with E-state index in [0.717, 1.165) is 0 Å². The summed E-state index contributed by atoms with van der Waals surface area (Å²) in [5.74, 6) is -0.335. The van der Waals surface area contributed by atoms with Crippen molar-refractivity contribution in [2.45, 2.75) is 44.8 Å². The van der Waals surface area contributed by atoms with Crippen LogP contribution in [0.1, 0.15) is 31.9 Å². The van der Waals surface area contributed by atoms with Crippen LogP contribution in [0.4, 0.5) is 14.9 Å². The summed E-state index contributed by atoms with van der Waals surface area (Å²) in [6.45, 7) is 5.23. The Bertz CT molecular complexity index is 917. The molecule has 1 atom stereocenters. The van der Waals surface area contributed by atoms with Gasteiger partial charge < -0.3 is 9.47 Å². The van der Waals surface area contributed by atoms with E-state index in [4.69, 9.17) is 21.1 Å². The van der Waals surface area contributed by atoms with Crippen molar-refractivity contribution in [1.29, 1.82) is 0 Å². The maximum Gasteiger partial charge on any atom is 0.411 e. The highest BCUT2D eigenvalue weighted by atomic mass is 35.5. The fraction of sp³-hybridized carbons (Fsp3) is 0.381. The molecule has 2 aromatic rings. The maximum absolute atomic E-state index is 13.6. The predicted molar refractivity (Wildman–Crippen MR) is 111 cm³/mol. The maximum atomic E-state index is 13.6. The van der Waals surface area contributed by atoms with Gasteiger partial charge in [0, 0.05) is 12.5 Å². The van der Waals surface area contributed by atoms with Crippen LogP contribution in [-0.2, 0) is 17.7 Å². The molecule has 0 fully saturated rings. The summed E-state index contributed by atoms with van der Waals surface area (Å²) in [4.78, 5) is 24.6. The number of amides is 1. The van der Waals surface area contributed by atoms with Gasteiger partial charge in [-0.1, -0.05) is 29.8 Å². The summed E-state index contributed by atoms with van der Waals surface area (Å²) in [7, 11) is 1.33.